The third-order valence-electron chi connectivity index (χ3n) is 7.52. The van der Waals surface area contributed by atoms with E-state index in [-0.39, 0.29) is 41.5 Å². The number of rotatable bonds is 2. The maximum atomic E-state index is 13.1. The number of carbonyl (C=O) groups excluding carboxylic acids is 1. The van der Waals surface area contributed by atoms with Crippen LogP contribution in [0.1, 0.15) is 39.0 Å². The van der Waals surface area contributed by atoms with Crippen LogP contribution in [0.5, 0.6) is 0 Å². The predicted octanol–water partition coefficient (Wildman–Crippen LogP) is 1.68. The fraction of sp³-hybridized carbons (Fsp3) is 0.700. The van der Waals surface area contributed by atoms with Gasteiger partial charge in [-0.2, -0.15) is 5.26 Å². The van der Waals surface area contributed by atoms with Gasteiger partial charge in [0.2, 0.25) is 5.91 Å². The summed E-state index contributed by atoms with van der Waals surface area (Å²) in [5.74, 6) is -0.168. The Kier molecular flexibility index (Phi) is 3.65. The highest BCUT2D eigenvalue weighted by molar-refractivity contribution is 5.82. The standard InChI is InChI=1S/C20H26N2O3/c1-11-9-19-10-20(11,25)6-5-14(19)13-3-4-15(23)12(2)16(13)17(19)18(24)22-8-7-21/h3,12,14-17,23,25H,1,4-6,8-10H2,2H3,(H,22,24)/t12-,14?,15?,16?,17?,19?,20+/m1/s1. The van der Waals surface area contributed by atoms with E-state index in [9.17, 15) is 15.0 Å². The van der Waals surface area contributed by atoms with E-state index in [1.807, 2.05) is 13.0 Å². The largest absolute Gasteiger partial charge is 0.393 e. The molecule has 1 spiro atoms. The van der Waals surface area contributed by atoms with Gasteiger partial charge in [-0.15, -0.1) is 0 Å². The highest BCUT2D eigenvalue weighted by Crippen LogP contribution is 2.71. The van der Waals surface area contributed by atoms with Crippen LogP contribution in [0, 0.1) is 40.4 Å². The normalized spacial score (nSPS) is 47.5. The molecule has 0 aromatic carbocycles. The first-order chi connectivity index (χ1) is 11.8. The number of hydrogen-bond donors (Lipinski definition) is 3. The minimum absolute atomic E-state index is 0.000214. The van der Waals surface area contributed by atoms with E-state index >= 15 is 0 Å². The number of nitriles is 1. The van der Waals surface area contributed by atoms with Crippen molar-refractivity contribution in [2.75, 3.05) is 6.54 Å². The molecule has 0 aromatic rings. The van der Waals surface area contributed by atoms with Gasteiger partial charge in [0.15, 0.2) is 0 Å². The average molecular weight is 342 g/mol. The molecule has 0 aromatic heterocycles. The lowest BCUT2D eigenvalue weighted by atomic mass is 9.63. The van der Waals surface area contributed by atoms with Crippen molar-refractivity contribution >= 4 is 5.91 Å². The Hall–Kier alpha value is -1.64. The molecule has 0 heterocycles. The third kappa shape index (κ3) is 2.10. The van der Waals surface area contributed by atoms with Gasteiger partial charge in [-0.1, -0.05) is 25.2 Å². The summed E-state index contributed by atoms with van der Waals surface area (Å²) in [6, 6.07) is 1.98. The van der Waals surface area contributed by atoms with Gasteiger partial charge in [0.1, 0.15) is 6.54 Å². The van der Waals surface area contributed by atoms with Gasteiger partial charge in [-0.05, 0) is 60.8 Å². The van der Waals surface area contributed by atoms with Gasteiger partial charge in [-0.3, -0.25) is 4.79 Å². The summed E-state index contributed by atoms with van der Waals surface area (Å²) in [5.41, 5.74) is 0.964. The van der Waals surface area contributed by atoms with Gasteiger partial charge in [-0.25, -0.2) is 0 Å². The number of carbonyl (C=O) groups is 1. The van der Waals surface area contributed by atoms with E-state index in [0.29, 0.717) is 25.7 Å². The molecular weight excluding hydrogens is 316 g/mol. The number of aliphatic hydroxyl groups is 2. The molecule has 3 N–H and O–H groups in total. The van der Waals surface area contributed by atoms with E-state index in [2.05, 4.69) is 18.0 Å². The summed E-state index contributed by atoms with van der Waals surface area (Å²) in [5, 5.41) is 33.0. The fourth-order valence-corrected chi connectivity index (χ4v) is 6.45. The second-order valence-corrected chi connectivity index (χ2v) is 8.56. The van der Waals surface area contributed by atoms with Crippen molar-refractivity contribution in [3.05, 3.63) is 23.8 Å². The summed E-state index contributed by atoms with van der Waals surface area (Å²) >= 11 is 0. The molecule has 5 unspecified atom stereocenters. The molecule has 0 aliphatic heterocycles. The van der Waals surface area contributed by atoms with E-state index in [0.717, 1.165) is 12.0 Å². The first-order valence-electron chi connectivity index (χ1n) is 9.27. The lowest BCUT2D eigenvalue weighted by Crippen LogP contribution is -2.47. The van der Waals surface area contributed by atoms with Gasteiger partial charge in [0.05, 0.1) is 23.7 Å². The van der Waals surface area contributed by atoms with Crippen LogP contribution in [0.25, 0.3) is 0 Å². The Morgan fingerprint density at radius 1 is 1.56 bits per heavy atom. The van der Waals surface area contributed by atoms with Crippen LogP contribution >= 0.6 is 0 Å². The Bertz CT molecular complexity index is 708. The third-order valence-corrected chi connectivity index (χ3v) is 7.52. The lowest BCUT2D eigenvalue weighted by Gasteiger charge is -2.42. The zero-order valence-electron chi connectivity index (χ0n) is 14.7. The minimum atomic E-state index is -0.861. The molecule has 7 atom stereocenters. The summed E-state index contributed by atoms with van der Waals surface area (Å²) < 4.78 is 0. The highest BCUT2D eigenvalue weighted by atomic mass is 16.3. The van der Waals surface area contributed by atoms with Crippen LogP contribution in [-0.2, 0) is 4.79 Å². The molecule has 25 heavy (non-hydrogen) atoms. The summed E-state index contributed by atoms with van der Waals surface area (Å²) in [4.78, 5) is 13.1. The van der Waals surface area contributed by atoms with Crippen molar-refractivity contribution in [1.82, 2.24) is 5.32 Å². The van der Waals surface area contributed by atoms with Crippen molar-refractivity contribution in [3.8, 4) is 6.07 Å². The molecule has 5 nitrogen and oxygen atoms in total. The van der Waals surface area contributed by atoms with Crippen LogP contribution in [0.3, 0.4) is 0 Å². The van der Waals surface area contributed by atoms with Gasteiger partial charge < -0.3 is 15.5 Å². The second-order valence-electron chi connectivity index (χ2n) is 8.56. The lowest BCUT2D eigenvalue weighted by molar-refractivity contribution is -0.133. The SMILES string of the molecule is C=C1CC23C[C@@]1(O)CCC2C1=CCC(O)[C@@H](C)C1C3C(=O)NCC#N. The first kappa shape index (κ1) is 16.8. The molecule has 5 heteroatoms. The van der Waals surface area contributed by atoms with Gasteiger partial charge >= 0.3 is 0 Å². The van der Waals surface area contributed by atoms with Crippen molar-refractivity contribution in [2.24, 2.45) is 29.1 Å². The number of hydrogen-bond acceptors (Lipinski definition) is 4. The Morgan fingerprint density at radius 3 is 3.04 bits per heavy atom. The van der Waals surface area contributed by atoms with Gasteiger partial charge in [0.25, 0.3) is 0 Å². The first-order valence-corrected chi connectivity index (χ1v) is 9.27. The average Bonchev–Trinajstić information content (AvgIpc) is 2.96. The predicted molar refractivity (Wildman–Crippen MR) is 92.0 cm³/mol. The highest BCUT2D eigenvalue weighted by Gasteiger charge is 2.69. The van der Waals surface area contributed by atoms with E-state index in [4.69, 9.17) is 5.26 Å². The Balaban J connectivity index is 1.82. The molecule has 4 aliphatic carbocycles. The summed E-state index contributed by atoms with van der Waals surface area (Å²) in [6.07, 6.45) is 5.14. The van der Waals surface area contributed by atoms with Crippen molar-refractivity contribution < 1.29 is 15.0 Å². The summed E-state index contributed by atoms with van der Waals surface area (Å²) in [6.45, 7) is 6.14. The molecule has 134 valence electrons. The minimum Gasteiger partial charge on any atom is -0.393 e. The zero-order chi connectivity index (χ0) is 18.0. The summed E-state index contributed by atoms with van der Waals surface area (Å²) in [7, 11) is 0. The quantitative estimate of drug-likeness (QED) is 0.526. The molecule has 0 radical (unpaired) electrons. The van der Waals surface area contributed by atoms with Crippen molar-refractivity contribution in [3.63, 3.8) is 0 Å². The molecule has 4 aliphatic rings. The van der Waals surface area contributed by atoms with Crippen LogP contribution in [0.15, 0.2) is 23.8 Å². The molecule has 0 saturated heterocycles. The van der Waals surface area contributed by atoms with Gasteiger partial charge in [0, 0.05) is 0 Å². The topological polar surface area (TPSA) is 93.3 Å². The molecule has 3 fully saturated rings. The zero-order valence-corrected chi connectivity index (χ0v) is 14.7. The van der Waals surface area contributed by atoms with Crippen LogP contribution in [0.4, 0.5) is 0 Å². The second kappa shape index (κ2) is 5.43. The number of nitrogens with one attached hydrogen (secondary N) is 1. The Labute approximate surface area is 148 Å². The number of nitrogens with zero attached hydrogens (tertiary/aromatic N) is 1. The number of aliphatic hydroxyl groups excluding tert-OH is 1. The molecule has 2 bridgehead atoms. The van der Waals surface area contributed by atoms with Crippen LogP contribution in [-0.4, -0.2) is 34.4 Å². The number of allylic oxidation sites excluding steroid dienone is 1. The molecule has 1 amide bonds. The van der Waals surface area contributed by atoms with Crippen molar-refractivity contribution in [2.45, 2.75) is 50.7 Å². The fourth-order valence-electron chi connectivity index (χ4n) is 6.45. The maximum Gasteiger partial charge on any atom is 0.225 e. The van der Waals surface area contributed by atoms with E-state index in [1.54, 1.807) is 0 Å². The molecule has 3 saturated carbocycles. The number of amides is 1. The number of fused-ring (bicyclic) bond motifs is 3. The smallest absolute Gasteiger partial charge is 0.225 e. The maximum absolute atomic E-state index is 13.1. The monoisotopic (exact) mass is 342 g/mol. The van der Waals surface area contributed by atoms with E-state index < -0.39 is 11.7 Å². The van der Waals surface area contributed by atoms with E-state index in [1.165, 1.54) is 5.57 Å². The molecular formula is C20H26N2O3. The van der Waals surface area contributed by atoms with Crippen LogP contribution in [0.2, 0.25) is 0 Å². The van der Waals surface area contributed by atoms with Crippen molar-refractivity contribution in [1.29, 1.82) is 5.26 Å². The molecule has 4 rings (SSSR count). The van der Waals surface area contributed by atoms with Crippen LogP contribution < -0.4 is 5.32 Å². The Morgan fingerprint density at radius 2 is 2.32 bits per heavy atom.